The van der Waals surface area contributed by atoms with E-state index in [1.54, 1.807) is 25.1 Å². The topological polar surface area (TPSA) is 101 Å². The van der Waals surface area contributed by atoms with Crippen molar-refractivity contribution in [2.45, 2.75) is 24.0 Å². The molecule has 2 aromatic rings. The minimum Gasteiger partial charge on any atom is -0.478 e. The van der Waals surface area contributed by atoms with Gasteiger partial charge >= 0.3 is 11.9 Å². The number of esters is 1. The van der Waals surface area contributed by atoms with Crippen molar-refractivity contribution >= 4 is 39.0 Å². The lowest BCUT2D eigenvalue weighted by Gasteiger charge is -2.30. The van der Waals surface area contributed by atoms with E-state index >= 15 is 0 Å². The highest BCUT2D eigenvalue weighted by molar-refractivity contribution is 7.94. The Hall–Kier alpha value is -2.39. The lowest BCUT2D eigenvalue weighted by molar-refractivity contribution is 0.0525. The minimum absolute atomic E-state index is 0.0165. The molecule has 0 atom stereocenters. The number of benzene rings is 1. The fourth-order valence-electron chi connectivity index (χ4n) is 2.83. The number of aryl methyl sites for hydroxylation is 1. The zero-order valence-corrected chi connectivity index (χ0v) is 15.6. The molecular formula is C17H17NO6S2. The van der Waals surface area contributed by atoms with Crippen LogP contribution in [0.3, 0.4) is 0 Å². The van der Waals surface area contributed by atoms with E-state index < -0.39 is 22.0 Å². The molecule has 1 aliphatic rings. The average Bonchev–Trinajstić information content (AvgIpc) is 3.12. The van der Waals surface area contributed by atoms with E-state index in [4.69, 9.17) is 9.84 Å². The molecule has 0 unspecified atom stereocenters. The standard InChI is InChI=1S/C17H17NO6S2/c1-2-24-17(21)12-5-6-14-11(8-12)4-3-7-18(14)26(22,23)15-9-13(10-25-15)16(19)20/h5-6,8-10H,2-4,7H2,1H3,(H,19,20). The van der Waals surface area contributed by atoms with E-state index in [0.717, 1.165) is 16.9 Å². The zero-order chi connectivity index (χ0) is 18.9. The van der Waals surface area contributed by atoms with Crippen molar-refractivity contribution in [1.82, 2.24) is 0 Å². The Bertz CT molecular complexity index is 963. The maximum absolute atomic E-state index is 13.0. The van der Waals surface area contributed by atoms with Crippen LogP contribution in [-0.2, 0) is 21.2 Å². The third kappa shape index (κ3) is 3.32. The second kappa shape index (κ2) is 7.08. The minimum atomic E-state index is -3.86. The van der Waals surface area contributed by atoms with E-state index in [2.05, 4.69) is 0 Å². The summed E-state index contributed by atoms with van der Waals surface area (Å²) in [5.41, 5.74) is 1.59. The van der Waals surface area contributed by atoms with E-state index in [1.165, 1.54) is 15.8 Å². The van der Waals surface area contributed by atoms with Gasteiger partial charge in [0.2, 0.25) is 0 Å². The number of anilines is 1. The van der Waals surface area contributed by atoms with Crippen LogP contribution in [0.4, 0.5) is 5.69 Å². The number of carboxylic acid groups (broad SMARTS) is 1. The molecule has 0 aliphatic carbocycles. The number of ether oxygens (including phenoxy) is 1. The fraction of sp³-hybridized carbons (Fsp3) is 0.294. The van der Waals surface area contributed by atoms with Gasteiger partial charge in [0.05, 0.1) is 23.4 Å². The summed E-state index contributed by atoms with van der Waals surface area (Å²) in [6, 6.07) is 5.97. The van der Waals surface area contributed by atoms with Gasteiger partial charge in [0.25, 0.3) is 10.0 Å². The zero-order valence-electron chi connectivity index (χ0n) is 14.0. The first kappa shape index (κ1) is 18.4. The molecule has 138 valence electrons. The second-order valence-corrected chi connectivity index (χ2v) is 8.70. The van der Waals surface area contributed by atoms with Crippen molar-refractivity contribution in [2.75, 3.05) is 17.5 Å². The number of nitrogens with zero attached hydrogens (tertiary/aromatic N) is 1. The number of hydrogen-bond donors (Lipinski definition) is 1. The van der Waals surface area contributed by atoms with Crippen molar-refractivity contribution in [2.24, 2.45) is 0 Å². The molecular weight excluding hydrogens is 378 g/mol. The number of thiophene rings is 1. The van der Waals surface area contributed by atoms with Crippen molar-refractivity contribution < 1.29 is 27.9 Å². The Morgan fingerprint density at radius 3 is 2.69 bits per heavy atom. The molecule has 1 N–H and O–H groups in total. The van der Waals surface area contributed by atoms with Crippen LogP contribution in [0.25, 0.3) is 0 Å². The number of hydrogen-bond acceptors (Lipinski definition) is 6. The van der Waals surface area contributed by atoms with Crippen LogP contribution in [-0.4, -0.2) is 38.6 Å². The summed E-state index contributed by atoms with van der Waals surface area (Å²) >= 11 is 0.883. The Morgan fingerprint density at radius 2 is 2.04 bits per heavy atom. The van der Waals surface area contributed by atoms with E-state index in [0.29, 0.717) is 30.6 Å². The molecule has 0 amide bonds. The van der Waals surface area contributed by atoms with E-state index in [1.807, 2.05) is 0 Å². The molecule has 3 rings (SSSR count). The lowest BCUT2D eigenvalue weighted by Crippen LogP contribution is -2.35. The van der Waals surface area contributed by atoms with Gasteiger partial charge in [0, 0.05) is 11.9 Å². The van der Waals surface area contributed by atoms with Crippen LogP contribution < -0.4 is 4.31 Å². The molecule has 0 saturated carbocycles. The smallest absolute Gasteiger partial charge is 0.338 e. The summed E-state index contributed by atoms with van der Waals surface area (Å²) in [4.78, 5) is 22.9. The van der Waals surface area contributed by atoms with Crippen molar-refractivity contribution in [3.8, 4) is 0 Å². The summed E-state index contributed by atoms with van der Waals surface area (Å²) in [5, 5.41) is 10.3. The van der Waals surface area contributed by atoms with E-state index in [9.17, 15) is 18.0 Å². The first-order valence-corrected chi connectivity index (χ1v) is 10.3. The Kier molecular flexibility index (Phi) is 5.01. The van der Waals surface area contributed by atoms with Gasteiger partial charge in [-0.05, 0) is 49.6 Å². The Morgan fingerprint density at radius 1 is 1.27 bits per heavy atom. The first-order chi connectivity index (χ1) is 12.3. The van der Waals surface area contributed by atoms with Gasteiger partial charge in [0.1, 0.15) is 4.21 Å². The molecule has 26 heavy (non-hydrogen) atoms. The number of carboxylic acids is 1. The number of carbonyl (C=O) groups is 2. The van der Waals surface area contributed by atoms with Gasteiger partial charge in [-0.2, -0.15) is 0 Å². The molecule has 1 aromatic carbocycles. The number of sulfonamides is 1. The Labute approximate surface area is 154 Å². The highest BCUT2D eigenvalue weighted by atomic mass is 32.2. The fourth-order valence-corrected chi connectivity index (χ4v) is 5.63. The maximum atomic E-state index is 13.0. The lowest BCUT2D eigenvalue weighted by atomic mass is 10.0. The number of aromatic carboxylic acids is 1. The molecule has 0 spiro atoms. The third-order valence-electron chi connectivity index (χ3n) is 4.03. The SMILES string of the molecule is CCOC(=O)c1ccc2c(c1)CCCN2S(=O)(=O)c1cc(C(=O)O)cs1. The number of fused-ring (bicyclic) bond motifs is 1. The number of rotatable bonds is 5. The predicted octanol–water partition coefficient (Wildman–Crippen LogP) is 2.76. The normalized spacial score (nSPS) is 14.0. The predicted molar refractivity (Wildman–Crippen MR) is 96.5 cm³/mol. The Balaban J connectivity index is 1.98. The number of carbonyl (C=O) groups excluding carboxylic acids is 1. The second-order valence-electron chi connectivity index (χ2n) is 5.70. The van der Waals surface area contributed by atoms with Gasteiger partial charge in [0.15, 0.2) is 0 Å². The molecule has 2 heterocycles. The molecule has 1 aromatic heterocycles. The maximum Gasteiger partial charge on any atom is 0.338 e. The van der Waals surface area contributed by atoms with Crippen LogP contribution in [0.15, 0.2) is 33.9 Å². The molecule has 0 fully saturated rings. The molecule has 1 aliphatic heterocycles. The van der Waals surface area contributed by atoms with Crippen LogP contribution in [0.2, 0.25) is 0 Å². The third-order valence-corrected chi connectivity index (χ3v) is 7.26. The van der Waals surface area contributed by atoms with Gasteiger partial charge in [-0.25, -0.2) is 18.0 Å². The largest absolute Gasteiger partial charge is 0.478 e. The first-order valence-electron chi connectivity index (χ1n) is 7.99. The molecule has 0 radical (unpaired) electrons. The van der Waals surface area contributed by atoms with Crippen LogP contribution in [0, 0.1) is 0 Å². The average molecular weight is 395 g/mol. The molecule has 0 bridgehead atoms. The van der Waals surface area contributed by atoms with Gasteiger partial charge in [-0.15, -0.1) is 11.3 Å². The highest BCUT2D eigenvalue weighted by Crippen LogP contribution is 2.34. The molecule has 0 saturated heterocycles. The summed E-state index contributed by atoms with van der Waals surface area (Å²) in [7, 11) is -3.86. The highest BCUT2D eigenvalue weighted by Gasteiger charge is 2.31. The van der Waals surface area contributed by atoms with Crippen molar-refractivity contribution in [1.29, 1.82) is 0 Å². The van der Waals surface area contributed by atoms with E-state index in [-0.39, 0.29) is 16.4 Å². The quantitative estimate of drug-likeness (QED) is 0.781. The summed E-state index contributed by atoms with van der Waals surface area (Å²) in [6.45, 7) is 2.28. The molecule has 9 heteroatoms. The summed E-state index contributed by atoms with van der Waals surface area (Å²) in [5.74, 6) is -1.61. The summed E-state index contributed by atoms with van der Waals surface area (Å²) in [6.07, 6.45) is 1.26. The van der Waals surface area contributed by atoms with Gasteiger partial charge in [-0.1, -0.05) is 0 Å². The van der Waals surface area contributed by atoms with Crippen LogP contribution in [0.1, 0.15) is 39.6 Å². The monoisotopic (exact) mass is 395 g/mol. The van der Waals surface area contributed by atoms with Gasteiger partial charge in [-0.3, -0.25) is 4.31 Å². The molecule has 7 nitrogen and oxygen atoms in total. The summed E-state index contributed by atoms with van der Waals surface area (Å²) < 4.78 is 32.2. The van der Waals surface area contributed by atoms with Crippen molar-refractivity contribution in [3.63, 3.8) is 0 Å². The van der Waals surface area contributed by atoms with Crippen LogP contribution in [0.5, 0.6) is 0 Å². The van der Waals surface area contributed by atoms with Crippen LogP contribution >= 0.6 is 11.3 Å². The van der Waals surface area contributed by atoms with Crippen molar-refractivity contribution in [3.05, 3.63) is 46.3 Å². The van der Waals surface area contributed by atoms with Gasteiger partial charge < -0.3 is 9.84 Å².